The second kappa shape index (κ2) is 4.09. The maximum Gasteiger partial charge on any atom is 0.185 e. The van der Waals surface area contributed by atoms with E-state index in [2.05, 4.69) is 4.98 Å². The van der Waals surface area contributed by atoms with Crippen molar-refractivity contribution in [1.82, 2.24) is 9.55 Å². The maximum absolute atomic E-state index is 10.9. The summed E-state index contributed by atoms with van der Waals surface area (Å²) >= 11 is 0. The third-order valence-electron chi connectivity index (χ3n) is 2.31. The van der Waals surface area contributed by atoms with Gasteiger partial charge in [0.1, 0.15) is 0 Å². The number of fused-ring (bicyclic) bond motifs is 1. The van der Waals surface area contributed by atoms with E-state index in [4.69, 9.17) is 0 Å². The number of nitrogens with zero attached hydrogens (tertiary/aromatic N) is 2. The Bertz CT molecular complexity index is 511. The molecule has 0 atom stereocenters. The van der Waals surface area contributed by atoms with Crippen LogP contribution < -0.4 is 0 Å². The van der Waals surface area contributed by atoms with Crippen molar-refractivity contribution in [2.24, 2.45) is 0 Å². The van der Waals surface area contributed by atoms with E-state index in [1.807, 2.05) is 47.9 Å². The molecule has 0 aliphatic heterocycles. The van der Waals surface area contributed by atoms with Gasteiger partial charge in [-0.25, -0.2) is 4.98 Å². The summed E-state index contributed by atoms with van der Waals surface area (Å²) in [5.41, 5.74) is 1.86. The van der Waals surface area contributed by atoms with Gasteiger partial charge in [-0.3, -0.25) is 4.79 Å². The van der Waals surface area contributed by atoms with Crippen molar-refractivity contribution in [2.45, 2.75) is 13.5 Å². The van der Waals surface area contributed by atoms with Gasteiger partial charge in [-0.1, -0.05) is 24.3 Å². The van der Waals surface area contributed by atoms with Crippen LogP contribution in [0.1, 0.15) is 17.5 Å². The Morgan fingerprint density at radius 1 is 1.40 bits per heavy atom. The molecular weight excluding hydrogens is 188 g/mol. The molecule has 1 heterocycles. The van der Waals surface area contributed by atoms with Gasteiger partial charge in [-0.05, 0) is 19.1 Å². The van der Waals surface area contributed by atoms with Gasteiger partial charge in [0.05, 0.1) is 11.0 Å². The first-order valence-corrected chi connectivity index (χ1v) is 4.88. The van der Waals surface area contributed by atoms with E-state index in [0.717, 1.165) is 17.3 Å². The van der Waals surface area contributed by atoms with E-state index in [1.54, 1.807) is 0 Å². The quantitative estimate of drug-likeness (QED) is 0.563. The van der Waals surface area contributed by atoms with Crippen molar-refractivity contribution in [3.05, 3.63) is 42.2 Å². The Kier molecular flexibility index (Phi) is 2.63. The van der Waals surface area contributed by atoms with E-state index in [1.165, 1.54) is 0 Å². The highest BCUT2D eigenvalue weighted by Gasteiger charge is 2.07. The monoisotopic (exact) mass is 200 g/mol. The molecule has 0 saturated carbocycles. The van der Waals surface area contributed by atoms with Crippen LogP contribution in [0.4, 0.5) is 0 Å². The normalized spacial score (nSPS) is 11.3. The first-order valence-electron chi connectivity index (χ1n) is 4.88. The molecule has 2 aromatic rings. The molecule has 3 nitrogen and oxygen atoms in total. The fourth-order valence-corrected chi connectivity index (χ4v) is 1.59. The van der Waals surface area contributed by atoms with E-state index in [-0.39, 0.29) is 0 Å². The number of carbonyl (C=O) groups is 1. The lowest BCUT2D eigenvalue weighted by Gasteiger charge is -2.00. The number of benzene rings is 1. The fraction of sp³-hybridized carbons (Fsp3) is 0.167. The van der Waals surface area contributed by atoms with Crippen molar-refractivity contribution in [3.8, 4) is 0 Å². The number of aldehydes is 1. The van der Waals surface area contributed by atoms with Crippen LogP contribution in [-0.4, -0.2) is 15.8 Å². The second-order valence-corrected chi connectivity index (χ2v) is 3.26. The number of imidazole rings is 1. The first kappa shape index (κ1) is 9.65. The van der Waals surface area contributed by atoms with Crippen LogP contribution in [0.15, 0.2) is 36.4 Å². The van der Waals surface area contributed by atoms with E-state index < -0.39 is 0 Å². The van der Waals surface area contributed by atoms with Gasteiger partial charge in [0.25, 0.3) is 0 Å². The summed E-state index contributed by atoms with van der Waals surface area (Å²) < 4.78 is 1.91. The van der Waals surface area contributed by atoms with Gasteiger partial charge >= 0.3 is 0 Å². The molecular formula is C12H12N2O. The predicted molar refractivity (Wildman–Crippen MR) is 59.9 cm³/mol. The third-order valence-corrected chi connectivity index (χ3v) is 2.31. The minimum Gasteiger partial charge on any atom is -0.318 e. The standard InChI is InChI=1S/C12H12N2O/c1-2-3-8-14-11-7-5-4-6-10(11)13-12(14)9-15/h2-7,9H,8H2,1H3/b3-2+. The number of aromatic nitrogens is 2. The molecule has 0 aliphatic rings. The molecule has 2 rings (SSSR count). The Labute approximate surface area is 88.0 Å². The Balaban J connectivity index is 2.61. The molecule has 0 amide bonds. The minimum absolute atomic E-state index is 0.481. The van der Waals surface area contributed by atoms with Crippen LogP contribution >= 0.6 is 0 Å². The lowest BCUT2D eigenvalue weighted by molar-refractivity contribution is 0.111. The molecule has 0 unspecified atom stereocenters. The summed E-state index contributed by atoms with van der Waals surface area (Å²) in [4.78, 5) is 15.1. The molecule has 0 bridgehead atoms. The van der Waals surface area contributed by atoms with Crippen LogP contribution in [0.25, 0.3) is 11.0 Å². The van der Waals surface area contributed by atoms with E-state index in [0.29, 0.717) is 12.4 Å². The number of hydrogen-bond acceptors (Lipinski definition) is 2. The van der Waals surface area contributed by atoms with E-state index in [9.17, 15) is 4.79 Å². The lowest BCUT2D eigenvalue weighted by Crippen LogP contribution is -2.00. The average Bonchev–Trinajstić information content (AvgIpc) is 2.64. The summed E-state index contributed by atoms with van der Waals surface area (Å²) in [6, 6.07) is 7.75. The number of para-hydroxylation sites is 2. The smallest absolute Gasteiger partial charge is 0.185 e. The SMILES string of the molecule is C/C=C/Cn1c(C=O)nc2ccccc21. The molecule has 0 fully saturated rings. The summed E-state index contributed by atoms with van der Waals surface area (Å²) in [6.45, 7) is 2.64. The number of rotatable bonds is 3. The van der Waals surface area contributed by atoms with E-state index >= 15 is 0 Å². The Morgan fingerprint density at radius 3 is 2.93 bits per heavy atom. The highest BCUT2D eigenvalue weighted by molar-refractivity contribution is 5.83. The van der Waals surface area contributed by atoms with Crippen molar-refractivity contribution >= 4 is 17.3 Å². The molecule has 1 aromatic heterocycles. The van der Waals surface area contributed by atoms with Crippen LogP contribution in [0.2, 0.25) is 0 Å². The zero-order chi connectivity index (χ0) is 10.7. The molecule has 0 radical (unpaired) electrons. The fourth-order valence-electron chi connectivity index (χ4n) is 1.59. The number of allylic oxidation sites excluding steroid dienone is 2. The van der Waals surface area contributed by atoms with Crippen molar-refractivity contribution in [1.29, 1.82) is 0 Å². The molecule has 0 saturated heterocycles. The summed E-state index contributed by atoms with van der Waals surface area (Å²) in [5.74, 6) is 0.481. The molecule has 0 N–H and O–H groups in total. The third kappa shape index (κ3) is 1.68. The lowest BCUT2D eigenvalue weighted by atomic mass is 10.3. The molecule has 1 aromatic carbocycles. The Hall–Kier alpha value is -1.90. The molecule has 0 spiro atoms. The van der Waals surface area contributed by atoms with Crippen molar-refractivity contribution in [3.63, 3.8) is 0 Å². The molecule has 15 heavy (non-hydrogen) atoms. The second-order valence-electron chi connectivity index (χ2n) is 3.26. The van der Waals surface area contributed by atoms with Crippen LogP contribution in [0, 0.1) is 0 Å². The van der Waals surface area contributed by atoms with Crippen LogP contribution in [-0.2, 0) is 6.54 Å². The topological polar surface area (TPSA) is 34.9 Å². The van der Waals surface area contributed by atoms with Crippen molar-refractivity contribution in [2.75, 3.05) is 0 Å². The Morgan fingerprint density at radius 2 is 2.20 bits per heavy atom. The number of carbonyl (C=O) groups excluding carboxylic acids is 1. The summed E-state index contributed by atoms with van der Waals surface area (Å²) in [5, 5.41) is 0. The highest BCUT2D eigenvalue weighted by atomic mass is 16.1. The first-order chi connectivity index (χ1) is 7.36. The van der Waals surface area contributed by atoms with Crippen molar-refractivity contribution < 1.29 is 4.79 Å². The largest absolute Gasteiger partial charge is 0.318 e. The number of hydrogen-bond donors (Lipinski definition) is 0. The zero-order valence-electron chi connectivity index (χ0n) is 8.55. The van der Waals surface area contributed by atoms with Gasteiger partial charge in [0.2, 0.25) is 0 Å². The van der Waals surface area contributed by atoms with Crippen LogP contribution in [0.3, 0.4) is 0 Å². The maximum atomic E-state index is 10.9. The minimum atomic E-state index is 0.481. The zero-order valence-corrected chi connectivity index (χ0v) is 8.55. The highest BCUT2D eigenvalue weighted by Crippen LogP contribution is 2.14. The molecule has 0 aliphatic carbocycles. The average molecular weight is 200 g/mol. The van der Waals surface area contributed by atoms with Gasteiger partial charge in [-0.15, -0.1) is 0 Å². The van der Waals surface area contributed by atoms with Gasteiger partial charge in [0.15, 0.2) is 12.1 Å². The predicted octanol–water partition coefficient (Wildman–Crippen LogP) is 2.42. The summed E-state index contributed by atoms with van der Waals surface area (Å²) in [7, 11) is 0. The molecule has 76 valence electrons. The van der Waals surface area contributed by atoms with Gasteiger partial charge in [-0.2, -0.15) is 0 Å². The molecule has 3 heteroatoms. The van der Waals surface area contributed by atoms with Crippen LogP contribution in [0.5, 0.6) is 0 Å². The van der Waals surface area contributed by atoms with Gasteiger partial charge < -0.3 is 4.57 Å². The van der Waals surface area contributed by atoms with Gasteiger partial charge in [0, 0.05) is 6.54 Å². The summed E-state index contributed by atoms with van der Waals surface area (Å²) in [6.07, 6.45) is 4.76.